The van der Waals surface area contributed by atoms with Crippen molar-refractivity contribution in [2.24, 2.45) is 11.7 Å². The van der Waals surface area contributed by atoms with Gasteiger partial charge < -0.3 is 15.6 Å². The summed E-state index contributed by atoms with van der Waals surface area (Å²) in [6, 6.07) is 10.2. The van der Waals surface area contributed by atoms with Crippen molar-refractivity contribution in [2.75, 3.05) is 6.61 Å². The highest BCUT2D eigenvalue weighted by molar-refractivity contribution is 5.67. The van der Waals surface area contributed by atoms with E-state index in [-0.39, 0.29) is 12.5 Å². The van der Waals surface area contributed by atoms with E-state index in [1.807, 2.05) is 0 Å². The molecule has 4 heteroatoms. The molecule has 1 aromatic rings. The number of aliphatic carboxylic acids is 1. The predicted molar refractivity (Wildman–Crippen MR) is 82.1 cm³/mol. The fourth-order valence-corrected chi connectivity index (χ4v) is 2.99. The SMILES string of the molecule is NC(COC1CCC(Cc2ccccc2)CC1)CC(=O)O. The number of rotatable bonds is 7. The van der Waals surface area contributed by atoms with Gasteiger partial charge >= 0.3 is 5.97 Å². The van der Waals surface area contributed by atoms with E-state index in [2.05, 4.69) is 30.3 Å². The summed E-state index contributed by atoms with van der Waals surface area (Å²) in [5, 5.41) is 8.66. The molecule has 3 N–H and O–H groups in total. The van der Waals surface area contributed by atoms with Gasteiger partial charge in [-0.2, -0.15) is 0 Å². The molecule has 1 aromatic carbocycles. The Labute approximate surface area is 126 Å². The second-order valence-corrected chi connectivity index (χ2v) is 6.02. The van der Waals surface area contributed by atoms with Gasteiger partial charge in [-0.15, -0.1) is 0 Å². The van der Waals surface area contributed by atoms with Crippen LogP contribution in [-0.2, 0) is 16.0 Å². The van der Waals surface area contributed by atoms with Gasteiger partial charge in [-0.3, -0.25) is 4.79 Å². The molecule has 1 unspecified atom stereocenters. The van der Waals surface area contributed by atoms with Gasteiger partial charge in [0.25, 0.3) is 0 Å². The van der Waals surface area contributed by atoms with Gasteiger partial charge in [-0.1, -0.05) is 30.3 Å². The number of ether oxygens (including phenoxy) is 1. The quantitative estimate of drug-likeness (QED) is 0.810. The van der Waals surface area contributed by atoms with Crippen LogP contribution in [0.3, 0.4) is 0 Å². The summed E-state index contributed by atoms with van der Waals surface area (Å²) >= 11 is 0. The number of hydrogen-bond donors (Lipinski definition) is 2. The van der Waals surface area contributed by atoms with Crippen LogP contribution in [0.5, 0.6) is 0 Å². The number of carboxylic acids is 1. The zero-order valence-electron chi connectivity index (χ0n) is 12.4. The van der Waals surface area contributed by atoms with Crippen LogP contribution in [-0.4, -0.2) is 29.8 Å². The standard InChI is InChI=1S/C17H25NO3/c18-15(11-17(19)20)12-21-16-8-6-14(7-9-16)10-13-4-2-1-3-5-13/h1-5,14-16H,6-12,18H2,(H,19,20). The molecule has 1 fully saturated rings. The van der Waals surface area contributed by atoms with E-state index in [4.69, 9.17) is 15.6 Å². The Kier molecular flexibility index (Phi) is 6.21. The van der Waals surface area contributed by atoms with Crippen molar-refractivity contribution in [3.8, 4) is 0 Å². The molecule has 0 saturated heterocycles. The first-order chi connectivity index (χ1) is 10.1. The molecule has 0 aliphatic heterocycles. The van der Waals surface area contributed by atoms with E-state index in [1.165, 1.54) is 18.4 Å². The third kappa shape index (κ3) is 5.86. The maximum Gasteiger partial charge on any atom is 0.305 e. The summed E-state index contributed by atoms with van der Waals surface area (Å²) in [6.45, 7) is 0.348. The summed E-state index contributed by atoms with van der Waals surface area (Å²) in [5.74, 6) is -0.127. The molecule has 1 atom stereocenters. The second-order valence-electron chi connectivity index (χ2n) is 6.02. The van der Waals surface area contributed by atoms with Crippen molar-refractivity contribution < 1.29 is 14.6 Å². The van der Waals surface area contributed by atoms with Gasteiger partial charge in [0, 0.05) is 6.04 Å². The van der Waals surface area contributed by atoms with Crippen LogP contribution < -0.4 is 5.73 Å². The highest BCUT2D eigenvalue weighted by Crippen LogP contribution is 2.28. The van der Waals surface area contributed by atoms with Crippen molar-refractivity contribution in [3.05, 3.63) is 35.9 Å². The zero-order chi connectivity index (χ0) is 15.1. The molecule has 0 aromatic heterocycles. The number of nitrogens with two attached hydrogens (primary N) is 1. The average Bonchev–Trinajstić information content (AvgIpc) is 2.47. The maximum atomic E-state index is 10.5. The topological polar surface area (TPSA) is 72.5 Å². The van der Waals surface area contributed by atoms with Crippen molar-refractivity contribution >= 4 is 5.97 Å². The van der Waals surface area contributed by atoms with Crippen LogP contribution in [0.15, 0.2) is 30.3 Å². The Morgan fingerprint density at radius 1 is 1.24 bits per heavy atom. The highest BCUT2D eigenvalue weighted by Gasteiger charge is 2.22. The van der Waals surface area contributed by atoms with E-state index in [1.54, 1.807) is 0 Å². The summed E-state index contributed by atoms with van der Waals surface area (Å²) in [4.78, 5) is 10.5. The monoisotopic (exact) mass is 291 g/mol. The first-order valence-electron chi connectivity index (χ1n) is 7.76. The fourth-order valence-electron chi connectivity index (χ4n) is 2.99. The van der Waals surface area contributed by atoms with E-state index in [0.29, 0.717) is 6.61 Å². The zero-order valence-corrected chi connectivity index (χ0v) is 12.4. The van der Waals surface area contributed by atoms with Crippen LogP contribution in [0, 0.1) is 5.92 Å². The minimum Gasteiger partial charge on any atom is -0.481 e. The van der Waals surface area contributed by atoms with Gasteiger partial charge in [0.15, 0.2) is 0 Å². The molecule has 0 radical (unpaired) electrons. The average molecular weight is 291 g/mol. The Bertz CT molecular complexity index is 427. The summed E-state index contributed by atoms with van der Waals surface area (Å²) in [6.07, 6.45) is 5.82. The van der Waals surface area contributed by atoms with Crippen molar-refractivity contribution in [1.82, 2.24) is 0 Å². The summed E-state index contributed by atoms with van der Waals surface area (Å²) in [7, 11) is 0. The lowest BCUT2D eigenvalue weighted by molar-refractivity contribution is -0.137. The van der Waals surface area contributed by atoms with Gasteiger partial charge in [0.1, 0.15) is 0 Å². The highest BCUT2D eigenvalue weighted by atomic mass is 16.5. The number of benzene rings is 1. The number of carboxylic acid groups (broad SMARTS) is 1. The molecule has 0 spiro atoms. The van der Waals surface area contributed by atoms with Gasteiger partial charge in [-0.05, 0) is 43.6 Å². The molecule has 0 bridgehead atoms. The van der Waals surface area contributed by atoms with Crippen LogP contribution >= 0.6 is 0 Å². The molecular formula is C17H25NO3. The second kappa shape index (κ2) is 8.15. The van der Waals surface area contributed by atoms with Crippen molar-refractivity contribution in [3.63, 3.8) is 0 Å². The van der Waals surface area contributed by atoms with Crippen LogP contribution in [0.1, 0.15) is 37.7 Å². The van der Waals surface area contributed by atoms with Crippen LogP contribution in [0.25, 0.3) is 0 Å². The molecule has 1 aliphatic carbocycles. The molecule has 116 valence electrons. The van der Waals surface area contributed by atoms with Crippen molar-refractivity contribution in [2.45, 2.75) is 50.7 Å². The lowest BCUT2D eigenvalue weighted by Gasteiger charge is -2.29. The Hall–Kier alpha value is -1.39. The molecule has 0 amide bonds. The van der Waals surface area contributed by atoms with Crippen LogP contribution in [0.4, 0.5) is 0 Å². The summed E-state index contributed by atoms with van der Waals surface area (Å²) < 4.78 is 5.76. The molecular weight excluding hydrogens is 266 g/mol. The molecule has 4 nitrogen and oxygen atoms in total. The normalized spacial score (nSPS) is 23.7. The molecule has 1 aliphatic rings. The predicted octanol–water partition coefficient (Wildman–Crippen LogP) is 2.61. The first-order valence-corrected chi connectivity index (χ1v) is 7.76. The van der Waals surface area contributed by atoms with E-state index < -0.39 is 12.0 Å². The number of carbonyl (C=O) groups is 1. The molecule has 0 heterocycles. The van der Waals surface area contributed by atoms with Gasteiger partial charge in [0.2, 0.25) is 0 Å². The van der Waals surface area contributed by atoms with E-state index >= 15 is 0 Å². The number of hydrogen-bond acceptors (Lipinski definition) is 3. The van der Waals surface area contributed by atoms with Gasteiger partial charge in [-0.25, -0.2) is 0 Å². The van der Waals surface area contributed by atoms with Crippen molar-refractivity contribution in [1.29, 1.82) is 0 Å². The Morgan fingerprint density at radius 3 is 2.52 bits per heavy atom. The molecule has 1 saturated carbocycles. The summed E-state index contributed by atoms with van der Waals surface area (Å²) in [5.41, 5.74) is 7.12. The van der Waals surface area contributed by atoms with E-state index in [9.17, 15) is 4.79 Å². The lowest BCUT2D eigenvalue weighted by atomic mass is 9.83. The minimum atomic E-state index is -0.863. The Balaban J connectivity index is 1.65. The van der Waals surface area contributed by atoms with E-state index in [0.717, 1.165) is 25.2 Å². The molecule has 21 heavy (non-hydrogen) atoms. The fraction of sp³-hybridized carbons (Fsp3) is 0.588. The Morgan fingerprint density at radius 2 is 1.90 bits per heavy atom. The minimum absolute atomic E-state index is 0.0245. The van der Waals surface area contributed by atoms with Crippen LogP contribution in [0.2, 0.25) is 0 Å². The third-order valence-corrected chi connectivity index (χ3v) is 4.14. The largest absolute Gasteiger partial charge is 0.481 e. The lowest BCUT2D eigenvalue weighted by Crippen LogP contribution is -2.32. The smallest absolute Gasteiger partial charge is 0.305 e. The third-order valence-electron chi connectivity index (χ3n) is 4.14. The maximum absolute atomic E-state index is 10.5. The first kappa shape index (κ1) is 16.0. The van der Waals surface area contributed by atoms with Gasteiger partial charge in [0.05, 0.1) is 19.1 Å². The molecule has 2 rings (SSSR count).